The minimum Gasteiger partial charge on any atom is -0.377 e. The summed E-state index contributed by atoms with van der Waals surface area (Å²) < 4.78 is 16.3. The third kappa shape index (κ3) is 8.23. The molecule has 0 aromatic heterocycles. The van der Waals surface area contributed by atoms with Gasteiger partial charge < -0.3 is 19.0 Å². The quantitative estimate of drug-likeness (QED) is 0.452. The molecule has 0 amide bonds. The molecular weight excluding hydrogens is 336 g/mol. The number of nitrogens with zero attached hydrogens (tertiary/aromatic N) is 1. The van der Waals surface area contributed by atoms with Crippen molar-refractivity contribution in [1.82, 2.24) is 5.06 Å². The normalized spacial score (nSPS) is 11.5. The molecule has 0 aliphatic heterocycles. The Morgan fingerprint density at radius 1 is 1.04 bits per heavy atom. The van der Waals surface area contributed by atoms with Crippen LogP contribution in [0.25, 0.3) is 0 Å². The van der Waals surface area contributed by atoms with Gasteiger partial charge in [0.05, 0.1) is 6.61 Å². The highest BCUT2D eigenvalue weighted by molar-refractivity contribution is 6.60. The van der Waals surface area contributed by atoms with E-state index in [2.05, 4.69) is 12.1 Å². The first kappa shape index (κ1) is 22.5. The second kappa shape index (κ2) is 12.9. The molecule has 0 unspecified atom stereocenters. The molecular formula is C15H29ClN2O4Si. The van der Waals surface area contributed by atoms with E-state index >= 15 is 0 Å². The monoisotopic (exact) mass is 364 g/mol. The maximum absolute atomic E-state index is 5.71. The van der Waals surface area contributed by atoms with Crippen LogP contribution in [0.1, 0.15) is 12.0 Å². The number of hydrogen-bond donors (Lipinski definition) is 1. The lowest BCUT2D eigenvalue weighted by molar-refractivity contribution is -0.163. The number of hydroxylamine groups is 2. The van der Waals surface area contributed by atoms with Crippen molar-refractivity contribution in [2.24, 2.45) is 5.73 Å². The molecule has 0 aliphatic rings. The third-order valence-corrected chi connectivity index (χ3v) is 6.25. The fourth-order valence-electron chi connectivity index (χ4n) is 2.19. The molecule has 0 aliphatic carbocycles. The number of benzene rings is 1. The summed E-state index contributed by atoms with van der Waals surface area (Å²) in [6, 6.07) is 11.0. The van der Waals surface area contributed by atoms with Crippen LogP contribution in [0.2, 0.25) is 6.04 Å². The molecule has 1 aromatic carbocycles. The summed E-state index contributed by atoms with van der Waals surface area (Å²) in [5.41, 5.74) is 6.73. The van der Waals surface area contributed by atoms with Crippen LogP contribution in [0.15, 0.2) is 30.3 Å². The number of rotatable bonds is 12. The predicted molar refractivity (Wildman–Crippen MR) is 95.3 cm³/mol. The standard InChI is InChI=1S/C15H28N2O4Si.ClH/c1-18-22(19-2,20-3)13-7-11-17(21-12-10-16)14-15-8-5-4-6-9-15;/h4-6,8-9H,7,10-14,16H2,1-3H3;1H. The van der Waals surface area contributed by atoms with Gasteiger partial charge in [-0.05, 0) is 12.0 Å². The number of halogens is 1. The molecule has 0 bridgehead atoms. The summed E-state index contributed by atoms with van der Waals surface area (Å²) in [5.74, 6) is 0. The van der Waals surface area contributed by atoms with Crippen molar-refractivity contribution in [2.45, 2.75) is 19.0 Å². The summed E-state index contributed by atoms with van der Waals surface area (Å²) in [6.07, 6.45) is 0.860. The van der Waals surface area contributed by atoms with Gasteiger partial charge >= 0.3 is 8.80 Å². The summed E-state index contributed by atoms with van der Waals surface area (Å²) in [6.45, 7) is 2.49. The van der Waals surface area contributed by atoms with E-state index < -0.39 is 8.80 Å². The van der Waals surface area contributed by atoms with E-state index in [1.165, 1.54) is 5.56 Å². The smallest absolute Gasteiger partial charge is 0.377 e. The predicted octanol–water partition coefficient (Wildman–Crippen LogP) is 2.07. The number of nitrogens with two attached hydrogens (primary N) is 1. The summed E-state index contributed by atoms with van der Waals surface area (Å²) >= 11 is 0. The van der Waals surface area contributed by atoms with Crippen molar-refractivity contribution in [1.29, 1.82) is 0 Å². The zero-order valence-corrected chi connectivity index (χ0v) is 16.0. The van der Waals surface area contributed by atoms with Gasteiger partial charge in [0.2, 0.25) is 0 Å². The van der Waals surface area contributed by atoms with Gasteiger partial charge in [0, 0.05) is 47.0 Å². The molecule has 23 heavy (non-hydrogen) atoms. The minimum atomic E-state index is -2.51. The third-order valence-electron chi connectivity index (χ3n) is 3.42. The molecule has 2 N–H and O–H groups in total. The largest absolute Gasteiger partial charge is 0.500 e. The average molecular weight is 365 g/mol. The van der Waals surface area contributed by atoms with Crippen LogP contribution in [0.3, 0.4) is 0 Å². The van der Waals surface area contributed by atoms with Gasteiger partial charge in [0.15, 0.2) is 0 Å². The maximum Gasteiger partial charge on any atom is 0.500 e. The van der Waals surface area contributed by atoms with Crippen LogP contribution < -0.4 is 5.73 Å². The van der Waals surface area contributed by atoms with E-state index in [4.69, 9.17) is 23.8 Å². The van der Waals surface area contributed by atoms with Gasteiger partial charge in [-0.2, -0.15) is 5.06 Å². The van der Waals surface area contributed by atoms with Crippen LogP contribution >= 0.6 is 12.4 Å². The van der Waals surface area contributed by atoms with E-state index in [0.717, 1.165) is 25.6 Å². The lowest BCUT2D eigenvalue weighted by Gasteiger charge is -2.26. The van der Waals surface area contributed by atoms with E-state index in [1.807, 2.05) is 23.3 Å². The van der Waals surface area contributed by atoms with Gasteiger partial charge in [-0.3, -0.25) is 4.84 Å². The van der Waals surface area contributed by atoms with E-state index in [9.17, 15) is 0 Å². The van der Waals surface area contributed by atoms with Crippen LogP contribution in [0.5, 0.6) is 0 Å². The molecule has 0 fully saturated rings. The molecule has 0 heterocycles. The maximum atomic E-state index is 5.71. The van der Waals surface area contributed by atoms with Crippen molar-refractivity contribution in [2.75, 3.05) is 41.0 Å². The van der Waals surface area contributed by atoms with Gasteiger partial charge in [-0.15, -0.1) is 12.4 Å². The highest BCUT2D eigenvalue weighted by atomic mass is 35.5. The topological polar surface area (TPSA) is 66.2 Å². The Balaban J connectivity index is 0.00000484. The number of hydrogen-bond acceptors (Lipinski definition) is 6. The Bertz CT molecular complexity index is 388. The fraction of sp³-hybridized carbons (Fsp3) is 0.600. The van der Waals surface area contributed by atoms with Gasteiger partial charge in [-0.1, -0.05) is 30.3 Å². The van der Waals surface area contributed by atoms with Crippen molar-refractivity contribution in [3.8, 4) is 0 Å². The zero-order chi connectivity index (χ0) is 16.3. The zero-order valence-electron chi connectivity index (χ0n) is 14.2. The van der Waals surface area contributed by atoms with Crippen molar-refractivity contribution < 1.29 is 18.1 Å². The lowest BCUT2D eigenvalue weighted by atomic mass is 10.2. The van der Waals surface area contributed by atoms with Crippen LogP contribution in [0.4, 0.5) is 0 Å². The Kier molecular flexibility index (Phi) is 12.6. The van der Waals surface area contributed by atoms with Crippen LogP contribution in [-0.4, -0.2) is 54.9 Å². The average Bonchev–Trinajstić information content (AvgIpc) is 2.58. The second-order valence-corrected chi connectivity index (χ2v) is 7.96. The molecule has 1 rings (SSSR count). The molecule has 0 saturated carbocycles. The molecule has 8 heteroatoms. The van der Waals surface area contributed by atoms with Crippen molar-refractivity contribution >= 4 is 21.2 Å². The van der Waals surface area contributed by atoms with E-state index in [1.54, 1.807) is 21.3 Å². The second-order valence-electron chi connectivity index (χ2n) is 4.87. The minimum absolute atomic E-state index is 0. The molecule has 0 atom stereocenters. The molecule has 6 nitrogen and oxygen atoms in total. The Morgan fingerprint density at radius 3 is 2.17 bits per heavy atom. The first-order valence-electron chi connectivity index (χ1n) is 7.47. The van der Waals surface area contributed by atoms with Crippen LogP contribution in [-0.2, 0) is 24.7 Å². The fourth-order valence-corrected chi connectivity index (χ4v) is 3.89. The van der Waals surface area contributed by atoms with Crippen molar-refractivity contribution in [3.05, 3.63) is 35.9 Å². The highest BCUT2D eigenvalue weighted by Gasteiger charge is 2.37. The first-order valence-corrected chi connectivity index (χ1v) is 9.40. The molecule has 1 aromatic rings. The Hall–Kier alpha value is -0.513. The molecule has 0 saturated heterocycles. The molecule has 0 spiro atoms. The van der Waals surface area contributed by atoms with Gasteiger partial charge in [-0.25, -0.2) is 0 Å². The lowest BCUT2D eigenvalue weighted by Crippen LogP contribution is -2.43. The SMILES string of the molecule is CO[Si](CCCN(Cc1ccccc1)OCCN)(OC)OC.Cl. The molecule has 0 radical (unpaired) electrons. The van der Waals surface area contributed by atoms with Crippen LogP contribution in [0, 0.1) is 0 Å². The van der Waals surface area contributed by atoms with Gasteiger partial charge in [0.25, 0.3) is 0 Å². The van der Waals surface area contributed by atoms with E-state index in [-0.39, 0.29) is 12.4 Å². The first-order chi connectivity index (χ1) is 10.7. The van der Waals surface area contributed by atoms with Crippen molar-refractivity contribution in [3.63, 3.8) is 0 Å². The van der Waals surface area contributed by atoms with Gasteiger partial charge in [0.1, 0.15) is 0 Å². The summed E-state index contributed by atoms with van der Waals surface area (Å²) in [7, 11) is 2.38. The Labute approximate surface area is 146 Å². The summed E-state index contributed by atoms with van der Waals surface area (Å²) in [5, 5.41) is 1.93. The summed E-state index contributed by atoms with van der Waals surface area (Å²) in [4.78, 5) is 5.71. The highest BCUT2D eigenvalue weighted by Crippen LogP contribution is 2.16. The molecule has 134 valence electrons. The Morgan fingerprint density at radius 2 is 1.65 bits per heavy atom. The van der Waals surface area contributed by atoms with E-state index in [0.29, 0.717) is 13.2 Å².